The van der Waals surface area contributed by atoms with E-state index in [2.05, 4.69) is 0 Å². The molecule has 3 heteroatoms. The number of carbonyl (C=O) groups excluding carboxylic acids is 1. The summed E-state index contributed by atoms with van der Waals surface area (Å²) in [7, 11) is 0. The van der Waals surface area contributed by atoms with Gasteiger partial charge in [0.05, 0.1) is 12.2 Å². The highest BCUT2D eigenvalue weighted by molar-refractivity contribution is 5.87. The number of benzene rings is 1. The van der Waals surface area contributed by atoms with Gasteiger partial charge in [-0.15, -0.1) is 0 Å². The minimum Gasteiger partial charge on any atom is -0.464 e. The molecule has 0 aliphatic rings. The predicted octanol–water partition coefficient (Wildman–Crippen LogP) is 2.84. The molecule has 0 saturated heterocycles. The Kier molecular flexibility index (Phi) is 4.58. The van der Waals surface area contributed by atoms with Gasteiger partial charge in [0.15, 0.2) is 0 Å². The zero-order valence-corrected chi connectivity index (χ0v) is 9.82. The average Bonchev–Trinajstić information content (AvgIpc) is 2.28. The van der Waals surface area contributed by atoms with Gasteiger partial charge in [-0.25, -0.2) is 4.79 Å². The van der Waals surface area contributed by atoms with Crippen molar-refractivity contribution in [2.24, 2.45) is 0 Å². The van der Waals surface area contributed by atoms with Gasteiger partial charge in [-0.2, -0.15) is 0 Å². The van der Waals surface area contributed by atoms with Crippen LogP contribution in [0.1, 0.15) is 19.4 Å². The fourth-order valence-electron chi connectivity index (χ4n) is 1.07. The molecule has 0 amide bonds. The van der Waals surface area contributed by atoms with E-state index in [1.54, 1.807) is 13.8 Å². The summed E-state index contributed by atoms with van der Waals surface area (Å²) in [5, 5.41) is 0. The van der Waals surface area contributed by atoms with Crippen LogP contribution in [-0.4, -0.2) is 12.6 Å². The van der Waals surface area contributed by atoms with Gasteiger partial charge in [0, 0.05) is 0 Å². The highest BCUT2D eigenvalue weighted by atomic mass is 16.5. The van der Waals surface area contributed by atoms with Crippen LogP contribution in [0.5, 0.6) is 5.75 Å². The van der Waals surface area contributed by atoms with Crippen molar-refractivity contribution in [3.63, 3.8) is 0 Å². The molecule has 0 radical (unpaired) electrons. The third-order valence-corrected chi connectivity index (χ3v) is 1.99. The molecule has 0 saturated carbocycles. The molecule has 1 aromatic rings. The van der Waals surface area contributed by atoms with Gasteiger partial charge in [-0.3, -0.25) is 0 Å². The van der Waals surface area contributed by atoms with Crippen LogP contribution in [0.2, 0.25) is 0 Å². The topological polar surface area (TPSA) is 35.5 Å². The SMILES string of the molecule is CCOC(=O)/C(C)=C/Oc1ccc(C)cc1. The fraction of sp³-hybridized carbons (Fsp3) is 0.308. The summed E-state index contributed by atoms with van der Waals surface area (Å²) in [4.78, 5) is 11.2. The second kappa shape index (κ2) is 5.95. The van der Waals surface area contributed by atoms with Crippen LogP contribution < -0.4 is 4.74 Å². The van der Waals surface area contributed by atoms with Crippen molar-refractivity contribution in [2.75, 3.05) is 6.61 Å². The minimum absolute atomic E-state index is 0.352. The highest BCUT2D eigenvalue weighted by Gasteiger charge is 2.04. The Hall–Kier alpha value is -1.77. The first-order valence-electron chi connectivity index (χ1n) is 5.20. The van der Waals surface area contributed by atoms with Gasteiger partial charge in [-0.05, 0) is 32.9 Å². The lowest BCUT2D eigenvalue weighted by atomic mass is 10.2. The smallest absolute Gasteiger partial charge is 0.336 e. The van der Waals surface area contributed by atoms with E-state index in [0.29, 0.717) is 17.9 Å². The summed E-state index contributed by atoms with van der Waals surface area (Å²) in [5.74, 6) is 0.351. The Morgan fingerprint density at radius 1 is 1.31 bits per heavy atom. The summed E-state index contributed by atoms with van der Waals surface area (Å²) in [6.07, 6.45) is 1.41. The molecule has 0 spiro atoms. The zero-order valence-electron chi connectivity index (χ0n) is 9.82. The van der Waals surface area contributed by atoms with Gasteiger partial charge in [0.25, 0.3) is 0 Å². The summed E-state index contributed by atoms with van der Waals surface area (Å²) in [6, 6.07) is 7.60. The van der Waals surface area contributed by atoms with Crippen LogP contribution in [0.4, 0.5) is 0 Å². The molecule has 0 aliphatic carbocycles. The summed E-state index contributed by atoms with van der Waals surface area (Å²) < 4.78 is 10.2. The fourth-order valence-corrected chi connectivity index (χ4v) is 1.07. The van der Waals surface area contributed by atoms with Crippen LogP contribution in [0.25, 0.3) is 0 Å². The molecule has 16 heavy (non-hydrogen) atoms. The number of esters is 1. The Labute approximate surface area is 95.7 Å². The number of carbonyl (C=O) groups is 1. The van der Waals surface area contributed by atoms with Crippen molar-refractivity contribution < 1.29 is 14.3 Å². The third-order valence-electron chi connectivity index (χ3n) is 1.99. The van der Waals surface area contributed by atoms with Gasteiger partial charge in [-0.1, -0.05) is 17.7 Å². The molecule has 1 aromatic carbocycles. The number of aryl methyl sites for hydroxylation is 1. The number of hydrogen-bond donors (Lipinski definition) is 0. The molecule has 1 rings (SSSR count). The normalized spacial score (nSPS) is 11.1. The third kappa shape index (κ3) is 3.77. The maximum absolute atomic E-state index is 11.2. The first-order chi connectivity index (χ1) is 7.63. The van der Waals surface area contributed by atoms with E-state index in [-0.39, 0.29) is 5.97 Å². The van der Waals surface area contributed by atoms with Gasteiger partial charge in [0.1, 0.15) is 12.0 Å². The standard InChI is InChI=1S/C13H16O3/c1-4-15-13(14)11(3)9-16-12-7-5-10(2)6-8-12/h5-9H,4H2,1-3H3/b11-9+. The Bertz CT molecular complexity index is 377. The van der Waals surface area contributed by atoms with E-state index < -0.39 is 0 Å². The number of hydrogen-bond acceptors (Lipinski definition) is 3. The van der Waals surface area contributed by atoms with E-state index >= 15 is 0 Å². The van der Waals surface area contributed by atoms with Crippen molar-refractivity contribution in [2.45, 2.75) is 20.8 Å². The highest BCUT2D eigenvalue weighted by Crippen LogP contribution is 2.12. The largest absolute Gasteiger partial charge is 0.464 e. The molecule has 0 atom stereocenters. The zero-order chi connectivity index (χ0) is 12.0. The Morgan fingerprint density at radius 3 is 2.50 bits per heavy atom. The Balaban J connectivity index is 2.58. The molecular weight excluding hydrogens is 204 g/mol. The number of rotatable bonds is 4. The molecule has 0 aliphatic heterocycles. The van der Waals surface area contributed by atoms with Gasteiger partial charge < -0.3 is 9.47 Å². The van der Waals surface area contributed by atoms with E-state index in [9.17, 15) is 4.79 Å². The predicted molar refractivity (Wildman–Crippen MR) is 62.2 cm³/mol. The van der Waals surface area contributed by atoms with E-state index in [1.807, 2.05) is 31.2 Å². The summed E-state index contributed by atoms with van der Waals surface area (Å²) in [5.41, 5.74) is 1.61. The molecule has 3 nitrogen and oxygen atoms in total. The molecule has 0 fully saturated rings. The molecule has 0 heterocycles. The van der Waals surface area contributed by atoms with E-state index in [0.717, 1.165) is 0 Å². The van der Waals surface area contributed by atoms with Crippen molar-refractivity contribution in [3.05, 3.63) is 41.7 Å². The lowest BCUT2D eigenvalue weighted by Gasteiger charge is -2.03. The summed E-state index contributed by atoms with van der Waals surface area (Å²) in [6.45, 7) is 5.80. The van der Waals surface area contributed by atoms with E-state index in [4.69, 9.17) is 9.47 Å². The van der Waals surface area contributed by atoms with E-state index in [1.165, 1.54) is 11.8 Å². The number of ether oxygens (including phenoxy) is 2. The second-order valence-electron chi connectivity index (χ2n) is 3.45. The van der Waals surface area contributed by atoms with Crippen LogP contribution in [0.3, 0.4) is 0 Å². The lowest BCUT2D eigenvalue weighted by molar-refractivity contribution is -0.138. The molecule has 0 bridgehead atoms. The molecule has 0 N–H and O–H groups in total. The molecular formula is C13H16O3. The minimum atomic E-state index is -0.352. The van der Waals surface area contributed by atoms with Crippen molar-refractivity contribution in [1.29, 1.82) is 0 Å². The van der Waals surface area contributed by atoms with Crippen molar-refractivity contribution >= 4 is 5.97 Å². The van der Waals surface area contributed by atoms with Crippen LogP contribution in [-0.2, 0) is 9.53 Å². The molecule has 86 valence electrons. The van der Waals surface area contributed by atoms with Gasteiger partial charge in [0.2, 0.25) is 0 Å². The van der Waals surface area contributed by atoms with Crippen molar-refractivity contribution in [3.8, 4) is 5.75 Å². The quantitative estimate of drug-likeness (QED) is 0.444. The second-order valence-corrected chi connectivity index (χ2v) is 3.45. The first kappa shape index (κ1) is 12.3. The first-order valence-corrected chi connectivity index (χ1v) is 5.20. The maximum atomic E-state index is 11.2. The van der Waals surface area contributed by atoms with Crippen molar-refractivity contribution in [1.82, 2.24) is 0 Å². The maximum Gasteiger partial charge on any atom is 0.336 e. The molecule has 0 unspecified atom stereocenters. The van der Waals surface area contributed by atoms with Crippen LogP contribution in [0.15, 0.2) is 36.1 Å². The average molecular weight is 220 g/mol. The summed E-state index contributed by atoms with van der Waals surface area (Å²) >= 11 is 0. The monoisotopic (exact) mass is 220 g/mol. The van der Waals surface area contributed by atoms with Crippen LogP contribution >= 0.6 is 0 Å². The van der Waals surface area contributed by atoms with Crippen LogP contribution in [0, 0.1) is 6.92 Å². The van der Waals surface area contributed by atoms with Gasteiger partial charge >= 0.3 is 5.97 Å². The lowest BCUT2D eigenvalue weighted by Crippen LogP contribution is -2.06. The molecule has 0 aromatic heterocycles. The Morgan fingerprint density at radius 2 is 1.94 bits per heavy atom.